The fraction of sp³-hybridized carbons (Fsp3) is 0.320. The van der Waals surface area contributed by atoms with Gasteiger partial charge in [-0.2, -0.15) is 5.10 Å². The summed E-state index contributed by atoms with van der Waals surface area (Å²) in [6, 6.07) is 13.4. The summed E-state index contributed by atoms with van der Waals surface area (Å²) in [5.74, 6) is 0.341. The molecule has 0 unspecified atom stereocenters. The maximum Gasteiger partial charge on any atom is 0.338 e. The third-order valence-corrected chi connectivity index (χ3v) is 5.53. The van der Waals surface area contributed by atoms with Gasteiger partial charge in [-0.15, -0.1) is 0 Å². The predicted octanol–water partition coefficient (Wildman–Crippen LogP) is 3.46. The quantitative estimate of drug-likeness (QED) is 0.577. The minimum atomic E-state index is -0.384. The van der Waals surface area contributed by atoms with E-state index >= 15 is 0 Å². The van der Waals surface area contributed by atoms with Gasteiger partial charge in [-0.1, -0.05) is 24.3 Å². The minimum Gasteiger partial charge on any atom is -0.487 e. The summed E-state index contributed by atoms with van der Waals surface area (Å²) in [5.41, 5.74) is 5.23. The van der Waals surface area contributed by atoms with Crippen molar-refractivity contribution in [2.24, 2.45) is 0 Å². The lowest BCUT2D eigenvalue weighted by Crippen LogP contribution is -2.34. The van der Waals surface area contributed by atoms with Crippen LogP contribution in [0.2, 0.25) is 0 Å². The lowest BCUT2D eigenvalue weighted by Gasteiger charge is -2.15. The lowest BCUT2D eigenvalue weighted by atomic mass is 9.94. The second-order valence-corrected chi connectivity index (χ2v) is 8.06. The van der Waals surface area contributed by atoms with Crippen LogP contribution in [0.1, 0.15) is 33.6 Å². The standard InChI is InChI=1S/C25H27N3O4/c1-16-12-18-14-19(15-26-23(29)9-11-28-10-8-17(2)27-28)32-24(18)22(13-16)20-6-4-5-7-21(20)25(30)31-3/h4-8,10,12-13,19H,9,11,14-15H2,1-3H3,(H,26,29)/t19-/m0/s1. The van der Waals surface area contributed by atoms with E-state index in [0.717, 1.165) is 33.7 Å². The maximum atomic E-state index is 12.3. The van der Waals surface area contributed by atoms with Crippen LogP contribution in [0, 0.1) is 13.8 Å². The number of hydrogen-bond donors (Lipinski definition) is 1. The van der Waals surface area contributed by atoms with Gasteiger partial charge >= 0.3 is 5.97 Å². The maximum absolute atomic E-state index is 12.3. The summed E-state index contributed by atoms with van der Waals surface area (Å²) >= 11 is 0. The van der Waals surface area contributed by atoms with E-state index < -0.39 is 0 Å². The highest BCUT2D eigenvalue weighted by Crippen LogP contribution is 2.41. The number of rotatable bonds is 7. The second-order valence-electron chi connectivity index (χ2n) is 8.06. The van der Waals surface area contributed by atoms with Crippen molar-refractivity contribution in [3.05, 3.63) is 71.0 Å². The van der Waals surface area contributed by atoms with Gasteiger partial charge in [0.15, 0.2) is 0 Å². The van der Waals surface area contributed by atoms with E-state index in [1.54, 1.807) is 10.7 Å². The zero-order valence-electron chi connectivity index (χ0n) is 18.6. The molecule has 1 N–H and O–H groups in total. The van der Waals surface area contributed by atoms with E-state index in [4.69, 9.17) is 9.47 Å². The first-order valence-corrected chi connectivity index (χ1v) is 10.7. The first-order valence-electron chi connectivity index (χ1n) is 10.7. The van der Waals surface area contributed by atoms with Crippen molar-refractivity contribution in [3.63, 3.8) is 0 Å². The van der Waals surface area contributed by atoms with Crippen molar-refractivity contribution in [3.8, 4) is 16.9 Å². The molecule has 0 radical (unpaired) electrons. The Bertz CT molecular complexity index is 1150. The molecule has 32 heavy (non-hydrogen) atoms. The van der Waals surface area contributed by atoms with E-state index in [0.29, 0.717) is 31.5 Å². The Balaban J connectivity index is 1.45. The number of fused-ring (bicyclic) bond motifs is 1. The number of aromatic nitrogens is 2. The Kier molecular flexibility index (Phi) is 6.25. The van der Waals surface area contributed by atoms with Gasteiger partial charge in [0, 0.05) is 31.1 Å². The van der Waals surface area contributed by atoms with Crippen LogP contribution >= 0.6 is 0 Å². The Morgan fingerprint density at radius 2 is 2.00 bits per heavy atom. The van der Waals surface area contributed by atoms with Crippen molar-refractivity contribution in [1.29, 1.82) is 0 Å². The van der Waals surface area contributed by atoms with E-state index in [1.807, 2.05) is 50.4 Å². The average Bonchev–Trinajstić information content (AvgIpc) is 3.40. The second kappa shape index (κ2) is 9.26. The number of hydrogen-bond acceptors (Lipinski definition) is 5. The molecule has 4 rings (SSSR count). The molecule has 0 saturated carbocycles. The third kappa shape index (κ3) is 4.66. The topological polar surface area (TPSA) is 82.5 Å². The van der Waals surface area contributed by atoms with Gasteiger partial charge in [0.2, 0.25) is 5.91 Å². The van der Waals surface area contributed by atoms with Gasteiger partial charge in [-0.3, -0.25) is 9.48 Å². The highest BCUT2D eigenvalue weighted by molar-refractivity contribution is 5.98. The summed E-state index contributed by atoms with van der Waals surface area (Å²) in [6.45, 7) is 4.91. The minimum absolute atomic E-state index is 0.0369. The van der Waals surface area contributed by atoms with Gasteiger partial charge in [0.1, 0.15) is 11.9 Å². The number of amides is 1. The van der Waals surface area contributed by atoms with Crippen LogP contribution in [0.5, 0.6) is 5.75 Å². The van der Waals surface area contributed by atoms with Crippen molar-refractivity contribution < 1.29 is 19.1 Å². The molecule has 3 aromatic rings. The van der Waals surface area contributed by atoms with Crippen molar-refractivity contribution >= 4 is 11.9 Å². The van der Waals surface area contributed by atoms with Crippen LogP contribution in [-0.2, 0) is 22.5 Å². The Morgan fingerprint density at radius 3 is 2.75 bits per heavy atom. The average molecular weight is 434 g/mol. The third-order valence-electron chi connectivity index (χ3n) is 5.53. The fourth-order valence-electron chi connectivity index (χ4n) is 4.03. The molecule has 1 aliphatic rings. The number of methoxy groups -OCH3 is 1. The molecule has 166 valence electrons. The number of carbonyl (C=O) groups excluding carboxylic acids is 2. The van der Waals surface area contributed by atoms with E-state index in [2.05, 4.69) is 16.5 Å². The molecule has 0 saturated heterocycles. The SMILES string of the molecule is COC(=O)c1ccccc1-c1cc(C)cc2c1O[C@H](CNC(=O)CCn1ccc(C)n1)C2. The van der Waals surface area contributed by atoms with Gasteiger partial charge in [-0.25, -0.2) is 4.79 Å². The summed E-state index contributed by atoms with van der Waals surface area (Å²) in [4.78, 5) is 24.6. The molecule has 1 aliphatic heterocycles. The highest BCUT2D eigenvalue weighted by Gasteiger charge is 2.28. The number of esters is 1. The smallest absolute Gasteiger partial charge is 0.338 e. The summed E-state index contributed by atoms with van der Waals surface area (Å²) < 4.78 is 13.0. The zero-order valence-corrected chi connectivity index (χ0v) is 18.6. The van der Waals surface area contributed by atoms with Crippen LogP contribution < -0.4 is 10.1 Å². The summed E-state index contributed by atoms with van der Waals surface area (Å²) in [7, 11) is 1.38. The molecule has 7 heteroatoms. The molecule has 0 fully saturated rings. The monoisotopic (exact) mass is 433 g/mol. The van der Waals surface area contributed by atoms with Crippen molar-refractivity contribution in [2.45, 2.75) is 39.3 Å². The molecule has 1 amide bonds. The molecule has 7 nitrogen and oxygen atoms in total. The first-order chi connectivity index (χ1) is 15.4. The molecule has 1 aromatic heterocycles. The molecular formula is C25H27N3O4. The Hall–Kier alpha value is -3.61. The zero-order chi connectivity index (χ0) is 22.7. The Morgan fingerprint density at radius 1 is 1.19 bits per heavy atom. The summed E-state index contributed by atoms with van der Waals surface area (Å²) in [6.07, 6.45) is 2.77. The van der Waals surface area contributed by atoms with Gasteiger partial charge in [0.25, 0.3) is 0 Å². The summed E-state index contributed by atoms with van der Waals surface area (Å²) in [5, 5.41) is 7.27. The Labute approximate surface area is 187 Å². The van der Waals surface area contributed by atoms with Crippen molar-refractivity contribution in [1.82, 2.24) is 15.1 Å². The number of nitrogens with zero attached hydrogens (tertiary/aromatic N) is 2. The van der Waals surface area contributed by atoms with Gasteiger partial charge in [0.05, 0.1) is 24.9 Å². The van der Waals surface area contributed by atoms with Crippen LogP contribution in [-0.4, -0.2) is 41.4 Å². The molecule has 1 atom stereocenters. The number of nitrogens with one attached hydrogen (secondary N) is 1. The molecule has 0 aliphatic carbocycles. The largest absolute Gasteiger partial charge is 0.487 e. The van der Waals surface area contributed by atoms with E-state index in [1.165, 1.54) is 7.11 Å². The molecule has 2 heterocycles. The molecular weight excluding hydrogens is 406 g/mol. The number of benzene rings is 2. The highest BCUT2D eigenvalue weighted by atomic mass is 16.5. The molecule has 0 bridgehead atoms. The van der Waals surface area contributed by atoms with Crippen LogP contribution in [0.15, 0.2) is 48.7 Å². The van der Waals surface area contributed by atoms with E-state index in [9.17, 15) is 9.59 Å². The molecule has 0 spiro atoms. The lowest BCUT2D eigenvalue weighted by molar-refractivity contribution is -0.121. The van der Waals surface area contributed by atoms with Crippen LogP contribution in [0.3, 0.4) is 0 Å². The number of ether oxygens (including phenoxy) is 2. The first kappa shape index (κ1) is 21.6. The fourth-order valence-corrected chi connectivity index (χ4v) is 4.03. The number of carbonyl (C=O) groups is 2. The van der Waals surface area contributed by atoms with Crippen molar-refractivity contribution in [2.75, 3.05) is 13.7 Å². The normalized spacial score (nSPS) is 14.5. The van der Waals surface area contributed by atoms with Crippen LogP contribution in [0.25, 0.3) is 11.1 Å². The van der Waals surface area contributed by atoms with Gasteiger partial charge in [-0.05, 0) is 48.7 Å². The number of aryl methyl sites for hydroxylation is 3. The van der Waals surface area contributed by atoms with E-state index in [-0.39, 0.29) is 18.0 Å². The van der Waals surface area contributed by atoms with Gasteiger partial charge < -0.3 is 14.8 Å². The predicted molar refractivity (Wildman–Crippen MR) is 121 cm³/mol. The van der Waals surface area contributed by atoms with Crippen LogP contribution in [0.4, 0.5) is 0 Å². The molecule has 2 aromatic carbocycles.